The van der Waals surface area contributed by atoms with Crippen molar-refractivity contribution in [3.63, 3.8) is 0 Å². The van der Waals surface area contributed by atoms with E-state index in [9.17, 15) is 18.0 Å². The molecule has 0 unspecified atom stereocenters. The number of nitrogens with one attached hydrogen (secondary N) is 2. The van der Waals surface area contributed by atoms with Crippen molar-refractivity contribution >= 4 is 5.91 Å². The third-order valence-electron chi connectivity index (χ3n) is 3.08. The number of alkyl halides is 3. The van der Waals surface area contributed by atoms with Crippen LogP contribution in [0.4, 0.5) is 13.2 Å². The highest BCUT2D eigenvalue weighted by Gasteiger charge is 2.31. The van der Waals surface area contributed by atoms with Crippen LogP contribution in [0.5, 0.6) is 0 Å². The second kappa shape index (κ2) is 5.61. The maximum atomic E-state index is 12.5. The van der Waals surface area contributed by atoms with Gasteiger partial charge in [0.1, 0.15) is 0 Å². The molecule has 2 N–H and O–H groups in total. The van der Waals surface area contributed by atoms with Gasteiger partial charge < -0.3 is 10.6 Å². The van der Waals surface area contributed by atoms with Gasteiger partial charge in [0.05, 0.1) is 5.56 Å². The first-order valence-corrected chi connectivity index (χ1v) is 6.15. The van der Waals surface area contributed by atoms with Gasteiger partial charge in [0, 0.05) is 18.2 Å². The maximum absolute atomic E-state index is 12.5. The van der Waals surface area contributed by atoms with Crippen molar-refractivity contribution in [2.45, 2.75) is 25.1 Å². The highest BCUT2D eigenvalue weighted by Crippen LogP contribution is 2.29. The molecule has 1 aromatic carbocycles. The Hall–Kier alpha value is -1.56. The molecule has 104 valence electrons. The molecule has 1 aliphatic rings. The summed E-state index contributed by atoms with van der Waals surface area (Å²) in [4.78, 5) is 11.9. The predicted octanol–water partition coefficient (Wildman–Crippen LogP) is 2.19. The molecular weight excluding hydrogens is 257 g/mol. The number of halogens is 3. The van der Waals surface area contributed by atoms with Gasteiger partial charge in [-0.1, -0.05) is 6.07 Å². The summed E-state index contributed by atoms with van der Waals surface area (Å²) in [5, 5.41) is 5.88. The Morgan fingerprint density at radius 2 is 2.16 bits per heavy atom. The first-order valence-electron chi connectivity index (χ1n) is 6.15. The lowest BCUT2D eigenvalue weighted by Gasteiger charge is -2.23. The third kappa shape index (κ3) is 3.70. The Bertz CT molecular complexity index is 453. The van der Waals surface area contributed by atoms with Crippen LogP contribution in [0.25, 0.3) is 0 Å². The van der Waals surface area contributed by atoms with Crippen LogP contribution in [0.15, 0.2) is 24.3 Å². The number of carbonyl (C=O) groups is 1. The molecule has 1 atom stereocenters. The Balaban J connectivity index is 2.06. The van der Waals surface area contributed by atoms with Gasteiger partial charge in [-0.15, -0.1) is 0 Å². The molecule has 0 aromatic heterocycles. The number of piperidine rings is 1. The zero-order chi connectivity index (χ0) is 13.9. The summed E-state index contributed by atoms with van der Waals surface area (Å²) >= 11 is 0. The van der Waals surface area contributed by atoms with Crippen LogP contribution in [0, 0.1) is 0 Å². The van der Waals surface area contributed by atoms with E-state index in [4.69, 9.17) is 0 Å². The van der Waals surface area contributed by atoms with Crippen LogP contribution in [0.2, 0.25) is 0 Å². The summed E-state index contributed by atoms with van der Waals surface area (Å²) in [6.45, 7) is 1.57. The zero-order valence-electron chi connectivity index (χ0n) is 10.3. The Morgan fingerprint density at radius 1 is 1.37 bits per heavy atom. The van der Waals surface area contributed by atoms with Crippen LogP contribution in [-0.4, -0.2) is 25.0 Å². The fourth-order valence-corrected chi connectivity index (χ4v) is 2.08. The minimum atomic E-state index is -4.43. The van der Waals surface area contributed by atoms with E-state index in [0.717, 1.165) is 31.5 Å². The minimum Gasteiger partial charge on any atom is -0.348 e. The van der Waals surface area contributed by atoms with Crippen molar-refractivity contribution in [3.8, 4) is 0 Å². The van der Waals surface area contributed by atoms with Crippen molar-refractivity contribution in [1.29, 1.82) is 0 Å². The molecule has 0 saturated carbocycles. The van der Waals surface area contributed by atoms with E-state index < -0.39 is 17.6 Å². The monoisotopic (exact) mass is 272 g/mol. The van der Waals surface area contributed by atoms with Crippen molar-refractivity contribution < 1.29 is 18.0 Å². The lowest BCUT2D eigenvalue weighted by Crippen LogP contribution is -2.45. The number of rotatable bonds is 2. The zero-order valence-corrected chi connectivity index (χ0v) is 10.3. The second-order valence-electron chi connectivity index (χ2n) is 4.60. The molecule has 0 bridgehead atoms. The van der Waals surface area contributed by atoms with Gasteiger partial charge in [-0.05, 0) is 37.6 Å². The van der Waals surface area contributed by atoms with Gasteiger partial charge in [0.15, 0.2) is 0 Å². The van der Waals surface area contributed by atoms with Gasteiger partial charge in [-0.3, -0.25) is 4.79 Å². The van der Waals surface area contributed by atoms with Crippen LogP contribution in [-0.2, 0) is 6.18 Å². The first kappa shape index (κ1) is 13.9. The Morgan fingerprint density at radius 3 is 2.79 bits per heavy atom. The molecule has 6 heteroatoms. The number of amides is 1. The second-order valence-corrected chi connectivity index (χ2v) is 4.60. The number of hydrogen-bond donors (Lipinski definition) is 2. The van der Waals surface area contributed by atoms with Gasteiger partial charge in [0.2, 0.25) is 0 Å². The van der Waals surface area contributed by atoms with Crippen LogP contribution in [0.3, 0.4) is 0 Å². The highest BCUT2D eigenvalue weighted by atomic mass is 19.4. The molecule has 1 aliphatic heterocycles. The third-order valence-corrected chi connectivity index (χ3v) is 3.08. The van der Waals surface area contributed by atoms with Gasteiger partial charge in [-0.2, -0.15) is 13.2 Å². The largest absolute Gasteiger partial charge is 0.416 e. The van der Waals surface area contributed by atoms with E-state index in [-0.39, 0.29) is 11.6 Å². The average Bonchev–Trinajstić information content (AvgIpc) is 2.39. The molecule has 3 nitrogen and oxygen atoms in total. The van der Waals surface area contributed by atoms with Crippen LogP contribution in [0.1, 0.15) is 28.8 Å². The molecule has 1 fully saturated rings. The molecule has 1 amide bonds. The highest BCUT2D eigenvalue weighted by molar-refractivity contribution is 5.94. The molecule has 1 aromatic rings. The average molecular weight is 272 g/mol. The van der Waals surface area contributed by atoms with Gasteiger partial charge in [-0.25, -0.2) is 0 Å². The van der Waals surface area contributed by atoms with Gasteiger partial charge in [0.25, 0.3) is 5.91 Å². The summed E-state index contributed by atoms with van der Waals surface area (Å²) in [6, 6.07) is 4.46. The Kier molecular flexibility index (Phi) is 4.09. The first-order chi connectivity index (χ1) is 8.97. The van der Waals surface area contributed by atoms with Gasteiger partial charge >= 0.3 is 6.18 Å². The molecule has 0 aliphatic carbocycles. The summed E-state index contributed by atoms with van der Waals surface area (Å²) < 4.78 is 37.6. The van der Waals surface area contributed by atoms with E-state index in [1.165, 1.54) is 12.1 Å². The fraction of sp³-hybridized carbons (Fsp3) is 0.462. The lowest BCUT2D eigenvalue weighted by molar-refractivity contribution is -0.137. The summed E-state index contributed by atoms with van der Waals surface area (Å²) in [5.41, 5.74) is -0.762. The number of benzene rings is 1. The summed E-state index contributed by atoms with van der Waals surface area (Å²) in [5.74, 6) is -0.459. The van der Waals surface area contributed by atoms with Crippen molar-refractivity contribution in [2.75, 3.05) is 13.1 Å². The smallest absolute Gasteiger partial charge is 0.348 e. The fourth-order valence-electron chi connectivity index (χ4n) is 2.08. The van der Waals surface area contributed by atoms with Crippen molar-refractivity contribution in [1.82, 2.24) is 10.6 Å². The normalized spacial score (nSPS) is 20.1. The van der Waals surface area contributed by atoms with Crippen molar-refractivity contribution in [3.05, 3.63) is 35.4 Å². The van der Waals surface area contributed by atoms with Crippen molar-refractivity contribution in [2.24, 2.45) is 0 Å². The number of hydrogen-bond acceptors (Lipinski definition) is 2. The van der Waals surface area contributed by atoms with Crippen LogP contribution >= 0.6 is 0 Å². The molecular formula is C13H15F3N2O. The van der Waals surface area contributed by atoms with E-state index >= 15 is 0 Å². The lowest BCUT2D eigenvalue weighted by atomic mass is 10.1. The number of carbonyl (C=O) groups excluding carboxylic acids is 1. The van der Waals surface area contributed by atoms with E-state index in [2.05, 4.69) is 10.6 Å². The summed E-state index contributed by atoms with van der Waals surface area (Å²) in [7, 11) is 0. The maximum Gasteiger partial charge on any atom is 0.416 e. The quantitative estimate of drug-likeness (QED) is 0.866. The standard InChI is InChI=1S/C13H15F3N2O/c14-13(15,16)10-4-1-3-9(7-10)12(19)18-11-5-2-6-17-8-11/h1,3-4,7,11,17H,2,5-6,8H2,(H,18,19)/t11-/m0/s1. The predicted molar refractivity (Wildman–Crippen MR) is 64.8 cm³/mol. The molecule has 0 spiro atoms. The van der Waals surface area contributed by atoms with E-state index in [1.54, 1.807) is 0 Å². The molecule has 1 heterocycles. The minimum absolute atomic E-state index is 0.0178. The molecule has 19 heavy (non-hydrogen) atoms. The van der Waals surface area contributed by atoms with E-state index in [0.29, 0.717) is 6.54 Å². The molecule has 2 rings (SSSR count). The molecule has 1 saturated heterocycles. The summed E-state index contributed by atoms with van der Waals surface area (Å²) in [6.07, 6.45) is -2.63. The van der Waals surface area contributed by atoms with E-state index in [1.807, 2.05) is 0 Å². The topological polar surface area (TPSA) is 41.1 Å². The molecule has 0 radical (unpaired) electrons. The Labute approximate surface area is 109 Å². The SMILES string of the molecule is O=C(N[C@H]1CCCNC1)c1cccc(C(F)(F)F)c1. The van der Waals surface area contributed by atoms with Crippen LogP contribution < -0.4 is 10.6 Å².